The fourth-order valence-corrected chi connectivity index (χ4v) is 4.66. The van der Waals surface area contributed by atoms with Crippen molar-refractivity contribution < 1.29 is 19.6 Å². The lowest BCUT2D eigenvalue weighted by atomic mass is 9.58. The Kier molecular flexibility index (Phi) is 2.49. The van der Waals surface area contributed by atoms with Gasteiger partial charge in [-0.15, -0.1) is 0 Å². The molecule has 3 rings (SSSR count). The Balaban J connectivity index is 1.93. The lowest BCUT2D eigenvalue weighted by molar-refractivity contribution is -0.334. The Labute approximate surface area is 109 Å². The summed E-state index contributed by atoms with van der Waals surface area (Å²) in [5, 5.41) is 11.4. The minimum atomic E-state index is -0.820. The molecule has 0 radical (unpaired) electrons. The fourth-order valence-electron chi connectivity index (χ4n) is 4.66. The standard InChI is InChI=1S/C14H24O4/c1-11(2)10-5-6-12(3,7-10)14(11,15)8-13(4)16-9-17-18-13/h10,15H,5-9H2,1-4H3/t10-,12+,13?,14+/m0/s1. The van der Waals surface area contributed by atoms with Gasteiger partial charge in [-0.05, 0) is 42.9 Å². The van der Waals surface area contributed by atoms with Crippen LogP contribution in [-0.2, 0) is 14.5 Å². The zero-order valence-corrected chi connectivity index (χ0v) is 11.8. The minimum absolute atomic E-state index is 0.0283. The van der Waals surface area contributed by atoms with Crippen molar-refractivity contribution in [2.24, 2.45) is 16.7 Å². The van der Waals surface area contributed by atoms with Gasteiger partial charge in [0.1, 0.15) is 0 Å². The van der Waals surface area contributed by atoms with Crippen LogP contribution in [0.2, 0.25) is 0 Å². The molecule has 1 aliphatic heterocycles. The van der Waals surface area contributed by atoms with Crippen molar-refractivity contribution in [3.05, 3.63) is 0 Å². The van der Waals surface area contributed by atoms with Gasteiger partial charge < -0.3 is 9.84 Å². The predicted octanol–water partition coefficient (Wildman–Crippen LogP) is 2.61. The van der Waals surface area contributed by atoms with E-state index < -0.39 is 11.4 Å². The Morgan fingerprint density at radius 1 is 1.22 bits per heavy atom. The van der Waals surface area contributed by atoms with Gasteiger partial charge in [0.15, 0.2) is 6.79 Å². The van der Waals surface area contributed by atoms with Gasteiger partial charge in [0.2, 0.25) is 5.79 Å². The molecule has 1 heterocycles. The van der Waals surface area contributed by atoms with E-state index in [1.165, 1.54) is 6.42 Å². The van der Waals surface area contributed by atoms with Crippen molar-refractivity contribution >= 4 is 0 Å². The lowest BCUT2D eigenvalue weighted by Crippen LogP contribution is -2.57. The zero-order valence-electron chi connectivity index (χ0n) is 11.8. The van der Waals surface area contributed by atoms with E-state index in [1.807, 2.05) is 6.92 Å². The predicted molar refractivity (Wildman–Crippen MR) is 65.3 cm³/mol. The zero-order chi connectivity index (χ0) is 13.2. The van der Waals surface area contributed by atoms with Crippen LogP contribution in [0.5, 0.6) is 0 Å². The van der Waals surface area contributed by atoms with Crippen molar-refractivity contribution in [2.45, 2.75) is 64.8 Å². The molecule has 18 heavy (non-hydrogen) atoms. The molecule has 4 nitrogen and oxygen atoms in total. The molecule has 104 valence electrons. The number of fused-ring (bicyclic) bond motifs is 2. The van der Waals surface area contributed by atoms with E-state index in [0.717, 1.165) is 12.8 Å². The molecular weight excluding hydrogens is 232 g/mol. The number of hydrogen-bond acceptors (Lipinski definition) is 4. The van der Waals surface area contributed by atoms with E-state index in [-0.39, 0.29) is 17.6 Å². The summed E-state index contributed by atoms with van der Waals surface area (Å²) in [6.45, 7) is 8.57. The summed E-state index contributed by atoms with van der Waals surface area (Å²) >= 11 is 0. The second-order valence-corrected chi connectivity index (χ2v) is 7.36. The number of hydrogen-bond donors (Lipinski definition) is 1. The van der Waals surface area contributed by atoms with E-state index in [2.05, 4.69) is 20.8 Å². The fraction of sp³-hybridized carbons (Fsp3) is 1.00. The van der Waals surface area contributed by atoms with Crippen LogP contribution in [0.3, 0.4) is 0 Å². The first-order valence-corrected chi connectivity index (χ1v) is 6.90. The first-order chi connectivity index (χ1) is 8.23. The molecule has 1 saturated heterocycles. The molecular formula is C14H24O4. The molecule has 2 aliphatic carbocycles. The summed E-state index contributed by atoms with van der Waals surface area (Å²) in [5.74, 6) is -0.224. The van der Waals surface area contributed by atoms with E-state index in [0.29, 0.717) is 12.3 Å². The van der Waals surface area contributed by atoms with Gasteiger partial charge in [0.05, 0.1) is 5.60 Å². The third kappa shape index (κ3) is 1.40. The van der Waals surface area contributed by atoms with Gasteiger partial charge in [0, 0.05) is 6.42 Å². The molecule has 2 saturated carbocycles. The highest BCUT2D eigenvalue weighted by atomic mass is 17.3. The van der Waals surface area contributed by atoms with Crippen molar-refractivity contribution in [3.63, 3.8) is 0 Å². The lowest BCUT2D eigenvalue weighted by Gasteiger charge is -2.52. The average molecular weight is 256 g/mol. The normalized spacial score (nSPS) is 54.2. The molecule has 1 unspecified atom stereocenters. The van der Waals surface area contributed by atoms with E-state index in [1.54, 1.807) is 0 Å². The molecule has 0 aromatic heterocycles. The SMILES string of the molecule is CC1(C[C@@]2(O)C(C)(C)[C@H]3CC[C@]2(C)C3)OCOO1. The van der Waals surface area contributed by atoms with Crippen molar-refractivity contribution in [1.29, 1.82) is 0 Å². The van der Waals surface area contributed by atoms with Crippen LogP contribution in [0.25, 0.3) is 0 Å². The van der Waals surface area contributed by atoms with Crippen LogP contribution in [0.15, 0.2) is 0 Å². The molecule has 3 fully saturated rings. The summed E-state index contributed by atoms with van der Waals surface area (Å²) in [6.07, 6.45) is 3.89. The van der Waals surface area contributed by atoms with Crippen LogP contribution >= 0.6 is 0 Å². The van der Waals surface area contributed by atoms with E-state index in [4.69, 9.17) is 14.5 Å². The summed E-state index contributed by atoms with van der Waals surface area (Å²) in [4.78, 5) is 10.1. The van der Waals surface area contributed by atoms with Gasteiger partial charge in [-0.2, -0.15) is 4.89 Å². The number of rotatable bonds is 2. The van der Waals surface area contributed by atoms with E-state index in [9.17, 15) is 5.11 Å². The van der Waals surface area contributed by atoms with E-state index >= 15 is 0 Å². The van der Waals surface area contributed by atoms with Crippen LogP contribution < -0.4 is 0 Å². The van der Waals surface area contributed by atoms with Crippen LogP contribution in [0, 0.1) is 16.7 Å². The molecule has 0 amide bonds. The Hall–Kier alpha value is -0.160. The number of aliphatic hydroxyl groups is 1. The third-order valence-corrected chi connectivity index (χ3v) is 6.05. The molecule has 0 aromatic rings. The minimum Gasteiger partial charge on any atom is -0.389 e. The highest BCUT2D eigenvalue weighted by Gasteiger charge is 2.70. The van der Waals surface area contributed by atoms with Crippen LogP contribution in [0.1, 0.15) is 53.4 Å². The second kappa shape index (κ2) is 3.48. The second-order valence-electron chi connectivity index (χ2n) is 7.36. The maximum Gasteiger partial charge on any atom is 0.204 e. The smallest absolute Gasteiger partial charge is 0.204 e. The molecule has 1 N–H and O–H groups in total. The summed E-state index contributed by atoms with van der Waals surface area (Å²) in [7, 11) is 0. The Morgan fingerprint density at radius 3 is 2.44 bits per heavy atom. The number of ether oxygens (including phenoxy) is 1. The molecule has 3 aliphatic rings. The molecule has 0 spiro atoms. The van der Waals surface area contributed by atoms with Gasteiger partial charge in [-0.1, -0.05) is 20.8 Å². The maximum atomic E-state index is 11.4. The van der Waals surface area contributed by atoms with Crippen molar-refractivity contribution in [1.82, 2.24) is 0 Å². The first kappa shape index (κ1) is 12.9. The van der Waals surface area contributed by atoms with Crippen LogP contribution in [0.4, 0.5) is 0 Å². The van der Waals surface area contributed by atoms with Crippen molar-refractivity contribution in [3.8, 4) is 0 Å². The summed E-state index contributed by atoms with van der Waals surface area (Å²) in [5.41, 5.74) is -0.886. The Bertz CT molecular complexity index is 354. The largest absolute Gasteiger partial charge is 0.389 e. The summed E-state index contributed by atoms with van der Waals surface area (Å²) < 4.78 is 5.51. The quantitative estimate of drug-likeness (QED) is 0.771. The monoisotopic (exact) mass is 256 g/mol. The first-order valence-electron chi connectivity index (χ1n) is 6.90. The van der Waals surface area contributed by atoms with Gasteiger partial charge in [-0.25, -0.2) is 4.89 Å². The topological polar surface area (TPSA) is 47.9 Å². The molecule has 2 bridgehead atoms. The Morgan fingerprint density at radius 2 is 1.94 bits per heavy atom. The highest BCUT2D eigenvalue weighted by molar-refractivity contribution is 5.18. The maximum absolute atomic E-state index is 11.4. The summed E-state index contributed by atoms with van der Waals surface area (Å²) in [6, 6.07) is 0. The van der Waals surface area contributed by atoms with Gasteiger partial charge in [0.25, 0.3) is 0 Å². The van der Waals surface area contributed by atoms with Gasteiger partial charge in [-0.3, -0.25) is 0 Å². The molecule has 4 heteroatoms. The van der Waals surface area contributed by atoms with Crippen molar-refractivity contribution in [2.75, 3.05) is 6.79 Å². The molecule has 4 atom stereocenters. The van der Waals surface area contributed by atoms with Gasteiger partial charge >= 0.3 is 0 Å². The van der Waals surface area contributed by atoms with Crippen LogP contribution in [-0.4, -0.2) is 23.3 Å². The third-order valence-electron chi connectivity index (χ3n) is 6.05. The molecule has 0 aromatic carbocycles. The highest BCUT2D eigenvalue weighted by Crippen LogP contribution is 2.69. The average Bonchev–Trinajstić information content (AvgIpc) is 2.88.